The summed E-state index contributed by atoms with van der Waals surface area (Å²) in [6.45, 7) is 0.838. The Hall–Kier alpha value is -6.38. The Morgan fingerprint density at radius 1 is 0.545 bits per heavy atom. The minimum absolute atomic E-state index is 0.0521. The molecule has 0 radical (unpaired) electrons. The number of ether oxygens (including phenoxy) is 5. The van der Waals surface area contributed by atoms with Crippen molar-refractivity contribution in [2.75, 3.05) is 20.8 Å². The van der Waals surface area contributed by atoms with Crippen molar-refractivity contribution >= 4 is 11.9 Å². The molecule has 8 heteroatoms. The van der Waals surface area contributed by atoms with Gasteiger partial charge in [-0.15, -0.1) is 0 Å². The number of carbonyl (C=O) groups excluding carboxylic acids is 2. The standard InChI is InChI=1S/C47H44O8/c1-51-42-22-18-40(19-23-42)47(39-11-4-3-5-12-39,41-20-24-43(52-2)25-21-41)55-29-28-34-14-16-37(17-15-34)38-10-7-13-44(31-38)53-32-35-8-6-9-36(30-35)33-54-46(50)27-26-45(48)49/h3-25,30-31H,26-29,32-33H2,1-2H3,(H,48,49)/p-1. The summed E-state index contributed by atoms with van der Waals surface area (Å²) in [6, 6.07) is 50.4. The lowest BCUT2D eigenvalue weighted by Gasteiger charge is -2.36. The maximum atomic E-state index is 11.8. The van der Waals surface area contributed by atoms with Crippen LogP contribution in [0.3, 0.4) is 0 Å². The van der Waals surface area contributed by atoms with Crippen LogP contribution in [0.1, 0.15) is 46.2 Å². The first-order valence-electron chi connectivity index (χ1n) is 18.1. The smallest absolute Gasteiger partial charge is 0.306 e. The molecule has 0 N–H and O–H groups in total. The van der Waals surface area contributed by atoms with E-state index in [2.05, 4.69) is 66.7 Å². The van der Waals surface area contributed by atoms with Crippen LogP contribution in [0.5, 0.6) is 17.2 Å². The van der Waals surface area contributed by atoms with E-state index in [1.54, 1.807) is 14.2 Å². The summed E-state index contributed by atoms with van der Waals surface area (Å²) in [5, 5.41) is 10.6. The molecule has 0 aromatic heterocycles. The van der Waals surface area contributed by atoms with Crippen LogP contribution in [0, 0.1) is 0 Å². The molecule has 0 aliphatic carbocycles. The number of benzene rings is 6. The van der Waals surface area contributed by atoms with E-state index in [1.807, 2.05) is 84.9 Å². The lowest BCUT2D eigenvalue weighted by atomic mass is 9.80. The van der Waals surface area contributed by atoms with Gasteiger partial charge in [0.05, 0.1) is 27.2 Å². The SMILES string of the molecule is COc1ccc(C(OCCc2ccc(-c3cccc(OCc4cccc(COC(=O)CCC(=O)[O-])c4)c3)cc2)(c2ccccc2)c2ccc(OC)cc2)cc1. The summed E-state index contributed by atoms with van der Waals surface area (Å²) >= 11 is 0. The minimum atomic E-state index is -1.28. The molecule has 0 heterocycles. The summed E-state index contributed by atoms with van der Waals surface area (Å²) in [4.78, 5) is 22.4. The molecule has 8 nitrogen and oxygen atoms in total. The highest BCUT2D eigenvalue weighted by atomic mass is 16.5. The average Bonchev–Trinajstić information content (AvgIpc) is 3.24. The molecular formula is C47H43O8-. The second-order valence-corrected chi connectivity index (χ2v) is 13.0. The Morgan fingerprint density at radius 2 is 1.15 bits per heavy atom. The molecule has 0 bridgehead atoms. The van der Waals surface area contributed by atoms with Gasteiger partial charge >= 0.3 is 5.97 Å². The second kappa shape index (κ2) is 18.6. The quantitative estimate of drug-likeness (QED) is 0.0645. The molecule has 0 atom stereocenters. The monoisotopic (exact) mass is 735 g/mol. The molecule has 0 saturated carbocycles. The van der Waals surface area contributed by atoms with Crippen molar-refractivity contribution < 1.29 is 38.4 Å². The highest BCUT2D eigenvalue weighted by Gasteiger charge is 2.37. The number of hydrogen-bond donors (Lipinski definition) is 0. The predicted octanol–water partition coefficient (Wildman–Crippen LogP) is 8.07. The molecule has 55 heavy (non-hydrogen) atoms. The molecule has 6 rings (SSSR count). The van der Waals surface area contributed by atoms with Crippen LogP contribution < -0.4 is 19.3 Å². The molecule has 0 aliphatic heterocycles. The van der Waals surface area contributed by atoms with Gasteiger partial charge in [-0.1, -0.05) is 109 Å². The Kier molecular flexibility index (Phi) is 13.0. The van der Waals surface area contributed by atoms with E-state index in [1.165, 1.54) is 0 Å². The average molecular weight is 736 g/mol. The zero-order valence-corrected chi connectivity index (χ0v) is 30.9. The van der Waals surface area contributed by atoms with Gasteiger partial charge in [-0.25, -0.2) is 0 Å². The largest absolute Gasteiger partial charge is 0.550 e. The van der Waals surface area contributed by atoms with Crippen LogP contribution >= 0.6 is 0 Å². The van der Waals surface area contributed by atoms with E-state index in [9.17, 15) is 14.7 Å². The van der Waals surface area contributed by atoms with Crippen molar-refractivity contribution in [3.63, 3.8) is 0 Å². The number of aliphatic carboxylic acids is 1. The first-order chi connectivity index (χ1) is 26.9. The van der Waals surface area contributed by atoms with Crippen molar-refractivity contribution in [2.24, 2.45) is 0 Å². The Bertz CT molecular complexity index is 2100. The Balaban J connectivity index is 1.12. The summed E-state index contributed by atoms with van der Waals surface area (Å²) in [7, 11) is 3.33. The van der Waals surface area contributed by atoms with Crippen molar-refractivity contribution in [3.8, 4) is 28.4 Å². The molecule has 0 fully saturated rings. The zero-order chi connectivity index (χ0) is 38.5. The number of carbonyl (C=O) groups is 2. The first-order valence-corrected chi connectivity index (χ1v) is 18.1. The number of carboxylic acid groups (broad SMARTS) is 1. The maximum Gasteiger partial charge on any atom is 0.306 e. The summed E-state index contributed by atoms with van der Waals surface area (Å²) in [6.07, 6.45) is 0.117. The van der Waals surface area contributed by atoms with Crippen LogP contribution in [0.4, 0.5) is 0 Å². The third kappa shape index (κ3) is 9.99. The third-order valence-electron chi connectivity index (χ3n) is 9.33. The fourth-order valence-electron chi connectivity index (χ4n) is 6.44. The molecule has 0 unspecified atom stereocenters. The molecule has 0 spiro atoms. The van der Waals surface area contributed by atoms with E-state index in [4.69, 9.17) is 23.7 Å². The van der Waals surface area contributed by atoms with Gasteiger partial charge in [0.2, 0.25) is 0 Å². The van der Waals surface area contributed by atoms with E-state index < -0.39 is 17.5 Å². The fraction of sp³-hybridized carbons (Fsp3) is 0.191. The summed E-state index contributed by atoms with van der Waals surface area (Å²) < 4.78 is 29.3. The van der Waals surface area contributed by atoms with Crippen molar-refractivity contribution in [1.82, 2.24) is 0 Å². The van der Waals surface area contributed by atoms with E-state index in [0.717, 1.165) is 61.8 Å². The number of methoxy groups -OCH3 is 2. The van der Waals surface area contributed by atoms with Crippen LogP contribution in [-0.4, -0.2) is 32.8 Å². The van der Waals surface area contributed by atoms with Gasteiger partial charge in [-0.2, -0.15) is 0 Å². The second-order valence-electron chi connectivity index (χ2n) is 13.0. The van der Waals surface area contributed by atoms with Crippen LogP contribution in [-0.2, 0) is 44.3 Å². The third-order valence-corrected chi connectivity index (χ3v) is 9.33. The number of hydrogen-bond acceptors (Lipinski definition) is 8. The fourth-order valence-corrected chi connectivity index (χ4v) is 6.44. The normalized spacial score (nSPS) is 11.1. The minimum Gasteiger partial charge on any atom is -0.550 e. The maximum absolute atomic E-state index is 11.8. The van der Waals surface area contributed by atoms with Gasteiger partial charge in [0.25, 0.3) is 0 Å². The van der Waals surface area contributed by atoms with Gasteiger partial charge in [0.15, 0.2) is 0 Å². The van der Waals surface area contributed by atoms with Gasteiger partial charge in [0, 0.05) is 5.97 Å². The first kappa shape index (κ1) is 38.3. The lowest BCUT2D eigenvalue weighted by molar-refractivity contribution is -0.305. The van der Waals surface area contributed by atoms with E-state index in [0.29, 0.717) is 19.6 Å². The molecule has 280 valence electrons. The molecule has 0 aliphatic rings. The number of carboxylic acids is 1. The molecule has 6 aromatic rings. The summed E-state index contributed by atoms with van der Waals surface area (Å²) in [5.41, 5.74) is 7.05. The number of esters is 1. The Morgan fingerprint density at radius 3 is 1.76 bits per heavy atom. The highest BCUT2D eigenvalue weighted by Crippen LogP contribution is 2.42. The van der Waals surface area contributed by atoms with Gasteiger partial charge < -0.3 is 33.6 Å². The zero-order valence-electron chi connectivity index (χ0n) is 30.9. The topological polar surface area (TPSA) is 103 Å². The molecule has 0 saturated heterocycles. The number of rotatable bonds is 18. The van der Waals surface area contributed by atoms with Crippen LogP contribution in [0.15, 0.2) is 152 Å². The highest BCUT2D eigenvalue weighted by molar-refractivity contribution is 5.75. The Labute approximate surface area is 321 Å². The van der Waals surface area contributed by atoms with Gasteiger partial charge in [0.1, 0.15) is 36.1 Å². The lowest BCUT2D eigenvalue weighted by Crippen LogP contribution is -2.33. The molecule has 6 aromatic carbocycles. The predicted molar refractivity (Wildman–Crippen MR) is 209 cm³/mol. The van der Waals surface area contributed by atoms with E-state index in [-0.39, 0.29) is 19.4 Å². The summed E-state index contributed by atoms with van der Waals surface area (Å²) in [5.74, 6) is 0.412. The van der Waals surface area contributed by atoms with Gasteiger partial charge in [-0.05, 0) is 99.8 Å². The van der Waals surface area contributed by atoms with Crippen molar-refractivity contribution in [3.05, 3.63) is 185 Å². The van der Waals surface area contributed by atoms with Crippen molar-refractivity contribution in [1.29, 1.82) is 0 Å². The van der Waals surface area contributed by atoms with Gasteiger partial charge in [-0.3, -0.25) is 4.79 Å². The van der Waals surface area contributed by atoms with Crippen LogP contribution in [0.2, 0.25) is 0 Å². The molecular weight excluding hydrogens is 693 g/mol. The van der Waals surface area contributed by atoms with Crippen molar-refractivity contribution in [2.45, 2.75) is 38.1 Å². The van der Waals surface area contributed by atoms with Crippen LogP contribution in [0.25, 0.3) is 11.1 Å². The van der Waals surface area contributed by atoms with E-state index >= 15 is 0 Å². The molecule has 0 amide bonds.